The maximum Gasteiger partial charge on any atom is 0.243 e. The summed E-state index contributed by atoms with van der Waals surface area (Å²) < 4.78 is 34.5. The lowest BCUT2D eigenvalue weighted by molar-refractivity contribution is 0.300. The third-order valence-corrected chi connectivity index (χ3v) is 6.74. The van der Waals surface area contributed by atoms with E-state index in [4.69, 9.17) is 4.74 Å². The van der Waals surface area contributed by atoms with Gasteiger partial charge in [0.1, 0.15) is 18.1 Å². The molecule has 0 bridgehead atoms. The molecular formula is C21H23N3O3S. The summed E-state index contributed by atoms with van der Waals surface area (Å²) in [5.41, 5.74) is 1.79. The molecule has 0 aliphatic carbocycles. The number of sulfonamides is 1. The summed E-state index contributed by atoms with van der Waals surface area (Å²) in [6.07, 6.45) is 4.84. The molecule has 28 heavy (non-hydrogen) atoms. The first-order chi connectivity index (χ1) is 13.6. The highest BCUT2D eigenvalue weighted by Gasteiger charge is 2.25. The lowest BCUT2D eigenvalue weighted by atomic mass is 10.2. The van der Waals surface area contributed by atoms with Crippen LogP contribution in [-0.4, -0.2) is 35.6 Å². The number of benzene rings is 2. The molecule has 2 aromatic carbocycles. The van der Waals surface area contributed by atoms with Gasteiger partial charge in [-0.3, -0.25) is 0 Å². The van der Waals surface area contributed by atoms with E-state index < -0.39 is 10.0 Å². The molecule has 3 aromatic rings. The summed E-state index contributed by atoms with van der Waals surface area (Å²) >= 11 is 0. The molecule has 4 rings (SSSR count). The van der Waals surface area contributed by atoms with Crippen molar-refractivity contribution in [1.29, 1.82) is 0 Å². The average Bonchev–Trinajstić information content (AvgIpc) is 3.23. The Kier molecular flexibility index (Phi) is 5.45. The van der Waals surface area contributed by atoms with Crippen LogP contribution in [0.4, 0.5) is 0 Å². The van der Waals surface area contributed by atoms with Crippen molar-refractivity contribution in [2.45, 2.75) is 30.8 Å². The van der Waals surface area contributed by atoms with Gasteiger partial charge in [0, 0.05) is 19.3 Å². The van der Waals surface area contributed by atoms with E-state index in [2.05, 4.69) is 5.10 Å². The Labute approximate surface area is 165 Å². The molecule has 7 heteroatoms. The third-order valence-electron chi connectivity index (χ3n) is 4.83. The Morgan fingerprint density at radius 2 is 1.61 bits per heavy atom. The van der Waals surface area contributed by atoms with Gasteiger partial charge in [-0.2, -0.15) is 9.40 Å². The zero-order valence-electron chi connectivity index (χ0n) is 15.6. The molecule has 0 unspecified atom stereocenters. The van der Waals surface area contributed by atoms with Crippen LogP contribution in [-0.2, 0) is 16.6 Å². The van der Waals surface area contributed by atoms with Gasteiger partial charge >= 0.3 is 0 Å². The van der Waals surface area contributed by atoms with Crippen LogP contribution in [0.3, 0.4) is 0 Å². The zero-order valence-corrected chi connectivity index (χ0v) is 16.4. The fourth-order valence-electron chi connectivity index (χ4n) is 3.28. The maximum absolute atomic E-state index is 12.7. The van der Waals surface area contributed by atoms with Gasteiger partial charge in [0.15, 0.2) is 0 Å². The molecule has 0 radical (unpaired) electrons. The van der Waals surface area contributed by atoms with Crippen LogP contribution in [0.2, 0.25) is 0 Å². The molecule has 0 amide bonds. The molecule has 1 saturated heterocycles. The minimum atomic E-state index is -3.41. The quantitative estimate of drug-likeness (QED) is 0.637. The molecule has 1 aromatic heterocycles. The Hall–Kier alpha value is -2.64. The lowest BCUT2D eigenvalue weighted by Gasteiger charge is -2.25. The van der Waals surface area contributed by atoms with Crippen molar-refractivity contribution in [2.24, 2.45) is 0 Å². The highest BCUT2D eigenvalue weighted by molar-refractivity contribution is 7.89. The Morgan fingerprint density at radius 3 is 2.32 bits per heavy atom. The smallest absolute Gasteiger partial charge is 0.243 e. The van der Waals surface area contributed by atoms with Gasteiger partial charge in [-0.1, -0.05) is 24.6 Å². The summed E-state index contributed by atoms with van der Waals surface area (Å²) in [5.74, 6) is 0.617. The molecule has 1 aliphatic heterocycles. The van der Waals surface area contributed by atoms with Crippen molar-refractivity contribution < 1.29 is 13.2 Å². The Morgan fingerprint density at radius 1 is 0.893 bits per heavy atom. The van der Waals surface area contributed by atoms with E-state index in [1.807, 2.05) is 42.6 Å². The van der Waals surface area contributed by atoms with Gasteiger partial charge in [-0.05, 0) is 55.3 Å². The lowest BCUT2D eigenvalue weighted by Crippen LogP contribution is -2.35. The Bertz CT molecular complexity index is 1010. The van der Waals surface area contributed by atoms with Crippen molar-refractivity contribution in [3.05, 3.63) is 72.6 Å². The van der Waals surface area contributed by atoms with Crippen molar-refractivity contribution in [3.8, 4) is 11.4 Å². The minimum absolute atomic E-state index is 0.315. The largest absolute Gasteiger partial charge is 0.487 e. The predicted molar refractivity (Wildman–Crippen MR) is 107 cm³/mol. The van der Waals surface area contributed by atoms with Gasteiger partial charge < -0.3 is 4.74 Å². The summed E-state index contributed by atoms with van der Waals surface area (Å²) in [7, 11) is -3.41. The number of ether oxygens (including phenoxy) is 1. The standard InChI is InChI=1S/C21H23N3O3S/c25-28(26,23-14-5-2-6-15-23)21-11-9-20(10-12-21)27-17-18-13-16-24(22-18)19-7-3-1-4-8-19/h1,3-4,7-13,16H,2,5-6,14-15,17H2. The van der Waals surface area contributed by atoms with E-state index in [0.29, 0.717) is 30.3 Å². The summed E-state index contributed by atoms with van der Waals surface area (Å²) in [6.45, 7) is 1.52. The maximum atomic E-state index is 12.7. The molecule has 146 valence electrons. The number of aromatic nitrogens is 2. The molecule has 2 heterocycles. The second-order valence-corrected chi connectivity index (χ2v) is 8.75. The fraction of sp³-hybridized carbons (Fsp3) is 0.286. The topological polar surface area (TPSA) is 64.4 Å². The number of nitrogens with zero attached hydrogens (tertiary/aromatic N) is 3. The summed E-state index contributed by atoms with van der Waals surface area (Å²) in [4.78, 5) is 0.315. The second kappa shape index (κ2) is 8.16. The van der Waals surface area contributed by atoms with Crippen LogP contribution in [0.25, 0.3) is 5.69 Å². The van der Waals surface area contributed by atoms with Crippen LogP contribution in [0.15, 0.2) is 71.8 Å². The van der Waals surface area contributed by atoms with Gasteiger partial charge in [-0.25, -0.2) is 13.1 Å². The number of para-hydroxylation sites is 1. The number of hydrogen-bond donors (Lipinski definition) is 0. The van der Waals surface area contributed by atoms with Crippen LogP contribution in [0.5, 0.6) is 5.75 Å². The number of hydrogen-bond acceptors (Lipinski definition) is 4. The normalized spacial score (nSPS) is 15.4. The monoisotopic (exact) mass is 397 g/mol. The molecule has 0 atom stereocenters. The first kappa shape index (κ1) is 18.7. The Balaban J connectivity index is 1.39. The molecule has 0 spiro atoms. The molecule has 1 fully saturated rings. The summed E-state index contributed by atoms with van der Waals surface area (Å²) in [6, 6.07) is 18.4. The highest BCUT2D eigenvalue weighted by Crippen LogP contribution is 2.23. The van der Waals surface area contributed by atoms with Crippen molar-refractivity contribution in [2.75, 3.05) is 13.1 Å². The van der Waals surface area contributed by atoms with E-state index in [1.54, 1.807) is 33.3 Å². The van der Waals surface area contributed by atoms with Gasteiger partial charge in [-0.15, -0.1) is 0 Å². The SMILES string of the molecule is O=S(=O)(c1ccc(OCc2ccn(-c3ccccc3)n2)cc1)N1CCCCC1. The zero-order chi connectivity index (χ0) is 19.4. The molecular weight excluding hydrogens is 374 g/mol. The van der Waals surface area contributed by atoms with E-state index in [1.165, 1.54) is 0 Å². The summed E-state index contributed by atoms with van der Waals surface area (Å²) in [5, 5.41) is 4.50. The van der Waals surface area contributed by atoms with E-state index in [9.17, 15) is 8.42 Å². The molecule has 0 saturated carbocycles. The molecule has 6 nitrogen and oxygen atoms in total. The van der Waals surface area contributed by atoms with Gasteiger partial charge in [0.05, 0.1) is 10.6 Å². The van der Waals surface area contributed by atoms with Gasteiger partial charge in [0.2, 0.25) is 10.0 Å². The van der Waals surface area contributed by atoms with Crippen molar-refractivity contribution >= 4 is 10.0 Å². The number of piperidine rings is 1. The first-order valence-electron chi connectivity index (χ1n) is 9.46. The predicted octanol–water partition coefficient (Wildman–Crippen LogP) is 3.63. The third kappa shape index (κ3) is 4.10. The van der Waals surface area contributed by atoms with E-state index in [0.717, 1.165) is 30.6 Å². The van der Waals surface area contributed by atoms with E-state index >= 15 is 0 Å². The van der Waals surface area contributed by atoms with Crippen LogP contribution >= 0.6 is 0 Å². The fourth-order valence-corrected chi connectivity index (χ4v) is 4.80. The number of rotatable bonds is 6. The first-order valence-corrected chi connectivity index (χ1v) is 10.9. The minimum Gasteiger partial charge on any atom is -0.487 e. The van der Waals surface area contributed by atoms with E-state index in [-0.39, 0.29) is 0 Å². The van der Waals surface area contributed by atoms with Crippen LogP contribution in [0.1, 0.15) is 25.0 Å². The van der Waals surface area contributed by atoms with Crippen molar-refractivity contribution in [1.82, 2.24) is 14.1 Å². The molecule has 0 N–H and O–H groups in total. The van der Waals surface area contributed by atoms with Crippen LogP contribution < -0.4 is 4.74 Å². The van der Waals surface area contributed by atoms with Gasteiger partial charge in [0.25, 0.3) is 0 Å². The molecule has 1 aliphatic rings. The van der Waals surface area contributed by atoms with Crippen LogP contribution in [0, 0.1) is 0 Å². The second-order valence-electron chi connectivity index (χ2n) is 6.81. The van der Waals surface area contributed by atoms with Crippen molar-refractivity contribution in [3.63, 3.8) is 0 Å². The highest BCUT2D eigenvalue weighted by atomic mass is 32.2. The average molecular weight is 398 g/mol.